The first-order chi connectivity index (χ1) is 12.0. The standard InChI is InChI=1S/C17H12FN3O3S/c18-12-4-2-1-3-11(12)13(22)14-15(19)21-17(25-14)20-10-7-5-9(6-8-10)16(23)24/h1-8H,19H2,(H,20,21)(H,23,24). The molecule has 0 radical (unpaired) electrons. The third kappa shape index (κ3) is 3.48. The van der Waals surface area contributed by atoms with Crippen molar-refractivity contribution in [3.8, 4) is 0 Å². The summed E-state index contributed by atoms with van der Waals surface area (Å²) < 4.78 is 13.8. The first-order valence-electron chi connectivity index (χ1n) is 7.11. The fourth-order valence-electron chi connectivity index (χ4n) is 2.14. The van der Waals surface area contributed by atoms with E-state index in [0.717, 1.165) is 11.3 Å². The topological polar surface area (TPSA) is 105 Å². The van der Waals surface area contributed by atoms with Gasteiger partial charge in [-0.1, -0.05) is 23.5 Å². The maximum absolute atomic E-state index is 13.8. The monoisotopic (exact) mass is 357 g/mol. The Balaban J connectivity index is 1.84. The second-order valence-electron chi connectivity index (χ2n) is 5.05. The number of carbonyl (C=O) groups is 2. The van der Waals surface area contributed by atoms with Gasteiger partial charge in [-0.25, -0.2) is 14.2 Å². The molecule has 4 N–H and O–H groups in total. The van der Waals surface area contributed by atoms with Gasteiger partial charge in [0.2, 0.25) is 5.78 Å². The van der Waals surface area contributed by atoms with Crippen molar-refractivity contribution in [3.63, 3.8) is 0 Å². The Morgan fingerprint density at radius 1 is 1.12 bits per heavy atom. The first kappa shape index (κ1) is 16.6. The van der Waals surface area contributed by atoms with Crippen molar-refractivity contribution in [2.24, 2.45) is 0 Å². The molecule has 126 valence electrons. The fourth-order valence-corrected chi connectivity index (χ4v) is 2.99. The summed E-state index contributed by atoms with van der Waals surface area (Å²) in [5, 5.41) is 12.2. The van der Waals surface area contributed by atoms with Crippen LogP contribution in [-0.2, 0) is 0 Å². The highest BCUT2D eigenvalue weighted by molar-refractivity contribution is 7.18. The van der Waals surface area contributed by atoms with Gasteiger partial charge >= 0.3 is 5.97 Å². The number of carbonyl (C=O) groups excluding carboxylic acids is 1. The Morgan fingerprint density at radius 3 is 2.44 bits per heavy atom. The SMILES string of the molecule is Nc1nc(Nc2ccc(C(=O)O)cc2)sc1C(=O)c1ccccc1F. The maximum atomic E-state index is 13.8. The van der Waals surface area contributed by atoms with Crippen LogP contribution in [0.1, 0.15) is 25.6 Å². The van der Waals surface area contributed by atoms with Crippen molar-refractivity contribution in [3.05, 3.63) is 70.4 Å². The third-order valence-corrected chi connectivity index (χ3v) is 4.35. The van der Waals surface area contributed by atoms with Gasteiger partial charge < -0.3 is 16.2 Å². The van der Waals surface area contributed by atoms with Crippen LogP contribution in [0.4, 0.5) is 21.0 Å². The highest BCUT2D eigenvalue weighted by Crippen LogP contribution is 2.30. The van der Waals surface area contributed by atoms with E-state index in [1.54, 1.807) is 18.2 Å². The minimum Gasteiger partial charge on any atom is -0.478 e. The van der Waals surface area contributed by atoms with E-state index < -0.39 is 17.6 Å². The summed E-state index contributed by atoms with van der Waals surface area (Å²) in [6.07, 6.45) is 0. The number of anilines is 3. The second kappa shape index (κ2) is 6.70. The van der Waals surface area contributed by atoms with Crippen LogP contribution in [0.2, 0.25) is 0 Å². The number of nitrogens with zero attached hydrogens (tertiary/aromatic N) is 1. The molecule has 8 heteroatoms. The van der Waals surface area contributed by atoms with Gasteiger partial charge in [0, 0.05) is 5.69 Å². The maximum Gasteiger partial charge on any atom is 0.335 e. The summed E-state index contributed by atoms with van der Waals surface area (Å²) in [4.78, 5) is 27.5. The Bertz CT molecular complexity index is 954. The Hall–Kier alpha value is -3.26. The number of rotatable bonds is 5. The summed E-state index contributed by atoms with van der Waals surface area (Å²) in [7, 11) is 0. The van der Waals surface area contributed by atoms with E-state index in [0.29, 0.717) is 10.8 Å². The molecule has 0 fully saturated rings. The number of benzene rings is 2. The second-order valence-corrected chi connectivity index (χ2v) is 6.05. The molecule has 2 aromatic carbocycles. The van der Waals surface area contributed by atoms with E-state index >= 15 is 0 Å². The van der Waals surface area contributed by atoms with E-state index in [2.05, 4.69) is 10.3 Å². The number of aromatic carboxylic acids is 1. The van der Waals surface area contributed by atoms with Crippen molar-refractivity contribution in [1.29, 1.82) is 0 Å². The number of aromatic nitrogens is 1. The molecule has 0 saturated heterocycles. The molecule has 3 rings (SSSR count). The molecule has 0 amide bonds. The van der Waals surface area contributed by atoms with Crippen LogP contribution >= 0.6 is 11.3 Å². The van der Waals surface area contributed by atoms with E-state index in [1.807, 2.05) is 0 Å². The summed E-state index contributed by atoms with van der Waals surface area (Å²) in [6, 6.07) is 11.7. The molecule has 0 unspecified atom stereocenters. The lowest BCUT2D eigenvalue weighted by Gasteiger charge is -2.02. The molecule has 1 aromatic heterocycles. The molecule has 0 aliphatic carbocycles. The van der Waals surface area contributed by atoms with Crippen LogP contribution in [0.15, 0.2) is 48.5 Å². The smallest absolute Gasteiger partial charge is 0.335 e. The van der Waals surface area contributed by atoms with Crippen molar-refractivity contribution in [2.75, 3.05) is 11.1 Å². The zero-order valence-corrected chi connectivity index (χ0v) is 13.5. The van der Waals surface area contributed by atoms with Gasteiger partial charge in [-0.3, -0.25) is 4.79 Å². The van der Waals surface area contributed by atoms with Crippen molar-refractivity contribution >= 4 is 39.7 Å². The minimum atomic E-state index is -1.03. The Labute approximate surface area is 145 Å². The van der Waals surface area contributed by atoms with E-state index in [4.69, 9.17) is 10.8 Å². The minimum absolute atomic E-state index is 0.00269. The van der Waals surface area contributed by atoms with Crippen LogP contribution in [-0.4, -0.2) is 21.8 Å². The molecule has 0 saturated carbocycles. The molecular weight excluding hydrogens is 345 g/mol. The lowest BCUT2D eigenvalue weighted by atomic mass is 10.1. The van der Waals surface area contributed by atoms with E-state index in [9.17, 15) is 14.0 Å². The highest BCUT2D eigenvalue weighted by Gasteiger charge is 2.20. The van der Waals surface area contributed by atoms with Gasteiger partial charge in [0.1, 0.15) is 16.5 Å². The van der Waals surface area contributed by atoms with Crippen LogP contribution < -0.4 is 11.1 Å². The van der Waals surface area contributed by atoms with Gasteiger partial charge in [0.15, 0.2) is 5.13 Å². The molecule has 0 atom stereocenters. The molecule has 6 nitrogen and oxygen atoms in total. The number of carboxylic acids is 1. The van der Waals surface area contributed by atoms with Crippen LogP contribution in [0.25, 0.3) is 0 Å². The lowest BCUT2D eigenvalue weighted by Crippen LogP contribution is -2.04. The van der Waals surface area contributed by atoms with Gasteiger partial charge in [0.25, 0.3) is 0 Å². The quantitative estimate of drug-likeness (QED) is 0.603. The van der Waals surface area contributed by atoms with E-state index in [-0.39, 0.29) is 21.8 Å². The van der Waals surface area contributed by atoms with Crippen molar-refractivity contribution in [2.45, 2.75) is 0 Å². The first-order valence-corrected chi connectivity index (χ1v) is 7.93. The number of nitrogens with two attached hydrogens (primary N) is 1. The van der Waals surface area contributed by atoms with Gasteiger partial charge in [-0.05, 0) is 36.4 Å². The van der Waals surface area contributed by atoms with Gasteiger partial charge in [-0.15, -0.1) is 0 Å². The molecule has 0 spiro atoms. The summed E-state index contributed by atoms with van der Waals surface area (Å²) >= 11 is 0.997. The average Bonchev–Trinajstić information content (AvgIpc) is 2.95. The average molecular weight is 357 g/mol. The number of nitrogens with one attached hydrogen (secondary N) is 1. The predicted octanol–water partition coefficient (Wildman–Crippen LogP) is 3.54. The number of carboxylic acid groups (broad SMARTS) is 1. The zero-order valence-electron chi connectivity index (χ0n) is 12.7. The number of thiazole rings is 1. The van der Waals surface area contributed by atoms with Crippen LogP contribution in [0, 0.1) is 5.82 Å². The molecule has 25 heavy (non-hydrogen) atoms. The number of hydrogen-bond donors (Lipinski definition) is 3. The number of halogens is 1. The number of nitrogen functional groups attached to an aromatic ring is 1. The molecular formula is C17H12FN3O3S. The third-order valence-electron chi connectivity index (χ3n) is 3.36. The Kier molecular flexibility index (Phi) is 4.44. The molecule has 1 heterocycles. The molecule has 0 bridgehead atoms. The summed E-state index contributed by atoms with van der Waals surface area (Å²) in [5.74, 6) is -2.19. The number of ketones is 1. The largest absolute Gasteiger partial charge is 0.478 e. The predicted molar refractivity (Wildman–Crippen MR) is 93.0 cm³/mol. The van der Waals surface area contributed by atoms with Crippen molar-refractivity contribution in [1.82, 2.24) is 4.98 Å². The van der Waals surface area contributed by atoms with Gasteiger partial charge in [-0.2, -0.15) is 0 Å². The summed E-state index contributed by atoms with van der Waals surface area (Å²) in [5.41, 5.74) is 6.45. The molecule has 0 aliphatic rings. The Morgan fingerprint density at radius 2 is 1.80 bits per heavy atom. The number of hydrogen-bond acceptors (Lipinski definition) is 6. The zero-order chi connectivity index (χ0) is 18.0. The van der Waals surface area contributed by atoms with Crippen LogP contribution in [0.5, 0.6) is 0 Å². The molecule has 3 aromatic rings. The fraction of sp³-hybridized carbons (Fsp3) is 0. The summed E-state index contributed by atoms with van der Waals surface area (Å²) in [6.45, 7) is 0. The van der Waals surface area contributed by atoms with Crippen molar-refractivity contribution < 1.29 is 19.1 Å². The van der Waals surface area contributed by atoms with E-state index in [1.165, 1.54) is 30.3 Å². The van der Waals surface area contributed by atoms with Crippen LogP contribution in [0.3, 0.4) is 0 Å². The molecule has 0 aliphatic heterocycles. The van der Waals surface area contributed by atoms with Gasteiger partial charge in [0.05, 0.1) is 11.1 Å². The lowest BCUT2D eigenvalue weighted by molar-refractivity contribution is 0.0696. The highest BCUT2D eigenvalue weighted by atomic mass is 32.1. The normalized spacial score (nSPS) is 10.4.